The van der Waals surface area contributed by atoms with Crippen LogP contribution in [0.3, 0.4) is 0 Å². The second-order valence-corrected chi connectivity index (χ2v) is 8.90. The Kier molecular flexibility index (Phi) is 6.55. The molecule has 0 saturated carbocycles. The van der Waals surface area contributed by atoms with Gasteiger partial charge in [-0.3, -0.25) is 9.59 Å². The molecule has 0 aliphatic carbocycles. The maximum Gasteiger partial charge on any atom is 0.265 e. The fourth-order valence-electron chi connectivity index (χ4n) is 3.64. The van der Waals surface area contributed by atoms with Crippen LogP contribution >= 0.6 is 22.9 Å². The van der Waals surface area contributed by atoms with E-state index < -0.39 is 0 Å². The maximum atomic E-state index is 13.0. The number of amides is 2. The Hall–Kier alpha value is -2.16. The SMILES string of the molecule is Cc1nc(COc2ccc(Cl)cc2)sc1C(=O)N1CCN(C(=O)C2CCCO2)CC1. The minimum Gasteiger partial charge on any atom is -0.486 e. The van der Waals surface area contributed by atoms with E-state index in [-0.39, 0.29) is 17.9 Å². The molecular weight excluding hydrogens is 426 g/mol. The summed E-state index contributed by atoms with van der Waals surface area (Å²) in [5.41, 5.74) is 0.706. The third kappa shape index (κ3) is 4.77. The predicted molar refractivity (Wildman–Crippen MR) is 114 cm³/mol. The molecule has 2 saturated heterocycles. The zero-order valence-electron chi connectivity index (χ0n) is 16.8. The minimum atomic E-state index is -0.306. The molecule has 1 aromatic carbocycles. The number of rotatable bonds is 5. The van der Waals surface area contributed by atoms with Crippen molar-refractivity contribution in [3.63, 3.8) is 0 Å². The van der Waals surface area contributed by atoms with Crippen LogP contribution in [-0.4, -0.2) is 65.5 Å². The number of thiazole rings is 1. The highest BCUT2D eigenvalue weighted by Crippen LogP contribution is 2.24. The monoisotopic (exact) mass is 449 g/mol. The number of nitrogens with zero attached hydrogens (tertiary/aromatic N) is 3. The fraction of sp³-hybridized carbons (Fsp3) is 0.476. The Labute approximate surface area is 184 Å². The lowest BCUT2D eigenvalue weighted by Crippen LogP contribution is -2.52. The molecule has 9 heteroatoms. The number of carbonyl (C=O) groups excluding carboxylic acids is 2. The van der Waals surface area contributed by atoms with Gasteiger partial charge >= 0.3 is 0 Å². The third-order valence-corrected chi connectivity index (χ3v) is 6.67. The van der Waals surface area contributed by atoms with Crippen LogP contribution < -0.4 is 4.74 Å². The first-order chi connectivity index (χ1) is 14.5. The number of aryl methyl sites for hydroxylation is 1. The summed E-state index contributed by atoms with van der Waals surface area (Å²) >= 11 is 7.24. The Morgan fingerprint density at radius 2 is 1.90 bits per heavy atom. The number of hydrogen-bond donors (Lipinski definition) is 0. The van der Waals surface area contributed by atoms with Gasteiger partial charge in [0.1, 0.15) is 28.3 Å². The average molecular weight is 450 g/mol. The molecule has 4 rings (SSSR count). The van der Waals surface area contributed by atoms with Crippen molar-refractivity contribution in [2.45, 2.75) is 32.5 Å². The molecule has 2 aliphatic rings. The molecule has 0 bridgehead atoms. The van der Waals surface area contributed by atoms with Gasteiger partial charge in [0, 0.05) is 37.8 Å². The van der Waals surface area contributed by atoms with Gasteiger partial charge in [0.05, 0.1) is 5.69 Å². The lowest BCUT2D eigenvalue weighted by Gasteiger charge is -2.35. The van der Waals surface area contributed by atoms with Gasteiger partial charge in [-0.05, 0) is 44.0 Å². The normalized spacial score (nSPS) is 19.2. The number of hydrogen-bond acceptors (Lipinski definition) is 6. The van der Waals surface area contributed by atoms with Crippen molar-refractivity contribution < 1.29 is 19.1 Å². The molecule has 2 aliphatic heterocycles. The van der Waals surface area contributed by atoms with Crippen LogP contribution in [0.5, 0.6) is 5.75 Å². The van der Waals surface area contributed by atoms with E-state index >= 15 is 0 Å². The second kappa shape index (κ2) is 9.32. The summed E-state index contributed by atoms with van der Waals surface area (Å²) in [5, 5.41) is 1.40. The van der Waals surface area contributed by atoms with Crippen LogP contribution in [0.25, 0.3) is 0 Å². The summed E-state index contributed by atoms with van der Waals surface area (Å²) in [4.78, 5) is 34.2. The van der Waals surface area contributed by atoms with Gasteiger partial charge < -0.3 is 19.3 Å². The lowest BCUT2D eigenvalue weighted by molar-refractivity contribution is -0.142. The standard InChI is InChI=1S/C21H24ClN3O4S/c1-14-19(30-18(23-14)13-29-16-6-4-15(22)5-7-16)21(27)25-10-8-24(9-11-25)20(26)17-3-2-12-28-17/h4-7,17H,2-3,8-13H2,1H3. The molecule has 0 radical (unpaired) electrons. The summed E-state index contributed by atoms with van der Waals surface area (Å²) < 4.78 is 11.2. The zero-order valence-corrected chi connectivity index (χ0v) is 18.4. The van der Waals surface area contributed by atoms with E-state index in [0.29, 0.717) is 60.7 Å². The molecule has 2 amide bonds. The van der Waals surface area contributed by atoms with Crippen molar-refractivity contribution in [1.29, 1.82) is 0 Å². The van der Waals surface area contributed by atoms with E-state index in [1.165, 1.54) is 11.3 Å². The summed E-state index contributed by atoms with van der Waals surface area (Å²) in [7, 11) is 0. The molecule has 2 fully saturated rings. The molecule has 0 spiro atoms. The quantitative estimate of drug-likeness (QED) is 0.701. The number of ether oxygens (including phenoxy) is 2. The van der Waals surface area contributed by atoms with E-state index in [9.17, 15) is 9.59 Å². The molecule has 1 unspecified atom stereocenters. The highest BCUT2D eigenvalue weighted by Gasteiger charge is 2.32. The van der Waals surface area contributed by atoms with Gasteiger partial charge in [0.25, 0.3) is 11.8 Å². The fourth-order valence-corrected chi connectivity index (χ4v) is 4.71. The largest absolute Gasteiger partial charge is 0.486 e. The Bertz CT molecular complexity index is 903. The molecule has 160 valence electrons. The van der Waals surface area contributed by atoms with Crippen molar-refractivity contribution in [1.82, 2.24) is 14.8 Å². The first kappa shape index (κ1) is 21.1. The lowest BCUT2D eigenvalue weighted by atomic mass is 10.2. The number of aromatic nitrogens is 1. The number of carbonyl (C=O) groups is 2. The van der Waals surface area contributed by atoms with Crippen molar-refractivity contribution in [2.24, 2.45) is 0 Å². The molecule has 1 aromatic heterocycles. The molecule has 3 heterocycles. The summed E-state index contributed by atoms with van der Waals surface area (Å²) in [6, 6.07) is 7.13. The van der Waals surface area contributed by atoms with Crippen molar-refractivity contribution in [3.05, 3.63) is 44.9 Å². The topological polar surface area (TPSA) is 72.0 Å². The maximum absolute atomic E-state index is 13.0. The smallest absolute Gasteiger partial charge is 0.265 e. The van der Waals surface area contributed by atoms with Gasteiger partial charge in [-0.1, -0.05) is 11.6 Å². The van der Waals surface area contributed by atoms with E-state index in [1.807, 2.05) is 11.8 Å². The predicted octanol–water partition coefficient (Wildman–Crippen LogP) is 3.15. The summed E-state index contributed by atoms with van der Waals surface area (Å²) in [5.74, 6) is 0.717. The Balaban J connectivity index is 1.32. The van der Waals surface area contributed by atoms with Gasteiger partial charge in [0.15, 0.2) is 0 Å². The Morgan fingerprint density at radius 3 is 2.57 bits per heavy atom. The molecule has 30 heavy (non-hydrogen) atoms. The van der Waals surface area contributed by atoms with Crippen molar-refractivity contribution in [2.75, 3.05) is 32.8 Å². The van der Waals surface area contributed by atoms with Gasteiger partial charge in [-0.2, -0.15) is 0 Å². The van der Waals surface area contributed by atoms with E-state index in [0.717, 1.165) is 17.8 Å². The van der Waals surface area contributed by atoms with Crippen molar-refractivity contribution in [3.8, 4) is 5.75 Å². The van der Waals surface area contributed by atoms with Crippen LogP contribution in [0.15, 0.2) is 24.3 Å². The van der Waals surface area contributed by atoms with Gasteiger partial charge in [0.2, 0.25) is 0 Å². The van der Waals surface area contributed by atoms with E-state index in [1.54, 1.807) is 29.2 Å². The zero-order chi connectivity index (χ0) is 21.1. The number of benzene rings is 1. The highest BCUT2D eigenvalue weighted by atomic mass is 35.5. The summed E-state index contributed by atoms with van der Waals surface area (Å²) in [6.07, 6.45) is 1.42. The minimum absolute atomic E-state index is 0.0352. The van der Waals surface area contributed by atoms with E-state index in [2.05, 4.69) is 4.98 Å². The van der Waals surface area contributed by atoms with E-state index in [4.69, 9.17) is 21.1 Å². The molecule has 2 aromatic rings. The van der Waals surface area contributed by atoms with Crippen LogP contribution in [0.1, 0.15) is 33.2 Å². The third-order valence-electron chi connectivity index (χ3n) is 5.29. The second-order valence-electron chi connectivity index (χ2n) is 7.38. The molecule has 1 atom stereocenters. The van der Waals surface area contributed by atoms with Gasteiger partial charge in [-0.15, -0.1) is 11.3 Å². The molecular formula is C21H24ClN3O4S. The number of halogens is 1. The first-order valence-corrected chi connectivity index (χ1v) is 11.2. The first-order valence-electron chi connectivity index (χ1n) is 10.1. The van der Waals surface area contributed by atoms with Crippen LogP contribution in [0, 0.1) is 6.92 Å². The molecule has 0 N–H and O–H groups in total. The molecule has 7 nitrogen and oxygen atoms in total. The van der Waals surface area contributed by atoms with Crippen LogP contribution in [0.4, 0.5) is 0 Å². The van der Waals surface area contributed by atoms with Gasteiger partial charge in [-0.25, -0.2) is 4.98 Å². The summed E-state index contributed by atoms with van der Waals surface area (Å²) in [6.45, 7) is 4.90. The average Bonchev–Trinajstić information content (AvgIpc) is 3.42. The van der Waals surface area contributed by atoms with Crippen molar-refractivity contribution >= 4 is 34.8 Å². The van der Waals surface area contributed by atoms with Crippen LogP contribution in [0.2, 0.25) is 5.02 Å². The van der Waals surface area contributed by atoms with Crippen LogP contribution in [-0.2, 0) is 16.1 Å². The Morgan fingerprint density at radius 1 is 1.20 bits per heavy atom. The number of piperazine rings is 1. The highest BCUT2D eigenvalue weighted by molar-refractivity contribution is 7.13.